The molecule has 2 aromatic carbocycles. The molecule has 10 heteroatoms. The molecular weight excluding hydrogens is 488 g/mol. The largest absolute Gasteiger partial charge is 0.380 e. The second-order valence-corrected chi connectivity index (χ2v) is 9.80. The first kappa shape index (κ1) is 24.3. The zero-order valence-electron chi connectivity index (χ0n) is 20.9. The van der Waals surface area contributed by atoms with Gasteiger partial charge in [-0.2, -0.15) is 5.26 Å². The van der Waals surface area contributed by atoms with Crippen molar-refractivity contribution in [3.63, 3.8) is 0 Å². The number of nitrogens with zero attached hydrogens (tertiary/aromatic N) is 6. The third-order valence-corrected chi connectivity index (χ3v) is 7.45. The van der Waals surface area contributed by atoms with Crippen LogP contribution in [0, 0.1) is 23.0 Å². The molecule has 2 fully saturated rings. The number of anilines is 2. The summed E-state index contributed by atoms with van der Waals surface area (Å²) in [5.41, 5.74) is 9.39. The molecule has 4 aromatic rings. The van der Waals surface area contributed by atoms with Gasteiger partial charge in [0, 0.05) is 56.8 Å². The summed E-state index contributed by atoms with van der Waals surface area (Å²) in [6.45, 7) is 2.93. The van der Waals surface area contributed by atoms with E-state index in [-0.39, 0.29) is 23.4 Å². The van der Waals surface area contributed by atoms with Crippen molar-refractivity contribution in [2.24, 2.45) is 5.73 Å². The number of benzene rings is 2. The Morgan fingerprint density at radius 2 is 1.84 bits per heavy atom. The van der Waals surface area contributed by atoms with Gasteiger partial charge in [-0.05, 0) is 55.3 Å². The summed E-state index contributed by atoms with van der Waals surface area (Å²) in [4.78, 5) is 13.7. The van der Waals surface area contributed by atoms with E-state index in [2.05, 4.69) is 14.8 Å². The number of methoxy groups -OCH3 is 1. The normalized spacial score (nSPS) is 19.4. The molecular formula is C28H27F2N7O. The molecule has 2 unspecified atom stereocenters. The summed E-state index contributed by atoms with van der Waals surface area (Å²) in [7, 11) is 1.69. The number of imidazole rings is 1. The van der Waals surface area contributed by atoms with E-state index in [1.807, 2.05) is 18.2 Å². The highest BCUT2D eigenvalue weighted by molar-refractivity contribution is 5.91. The highest BCUT2D eigenvalue weighted by Crippen LogP contribution is 2.36. The van der Waals surface area contributed by atoms with E-state index >= 15 is 4.39 Å². The van der Waals surface area contributed by atoms with Crippen LogP contribution in [-0.2, 0) is 4.74 Å². The smallest absolute Gasteiger partial charge is 0.167 e. The Balaban J connectivity index is 1.52. The summed E-state index contributed by atoms with van der Waals surface area (Å²) in [5, 5.41) is 9.19. The van der Waals surface area contributed by atoms with Crippen molar-refractivity contribution < 1.29 is 13.5 Å². The van der Waals surface area contributed by atoms with Crippen molar-refractivity contribution in [3.8, 4) is 23.1 Å². The molecule has 8 nitrogen and oxygen atoms in total. The Bertz CT molecular complexity index is 1560. The lowest BCUT2D eigenvalue weighted by Gasteiger charge is -2.20. The van der Waals surface area contributed by atoms with Gasteiger partial charge in [0.05, 0.1) is 23.0 Å². The van der Waals surface area contributed by atoms with Gasteiger partial charge < -0.3 is 20.3 Å². The fourth-order valence-electron chi connectivity index (χ4n) is 5.42. The summed E-state index contributed by atoms with van der Waals surface area (Å²) >= 11 is 0. The maximum absolute atomic E-state index is 15.8. The number of halogens is 2. The molecule has 194 valence electrons. The Kier molecular flexibility index (Phi) is 6.18. The van der Waals surface area contributed by atoms with Gasteiger partial charge in [0.2, 0.25) is 0 Å². The van der Waals surface area contributed by atoms with Crippen LogP contribution in [0.15, 0.2) is 48.7 Å². The van der Waals surface area contributed by atoms with Gasteiger partial charge in [0.15, 0.2) is 5.65 Å². The molecule has 0 amide bonds. The third-order valence-electron chi connectivity index (χ3n) is 7.45. The monoisotopic (exact) mass is 515 g/mol. The second-order valence-electron chi connectivity index (χ2n) is 9.80. The van der Waals surface area contributed by atoms with Crippen molar-refractivity contribution in [2.75, 3.05) is 43.1 Å². The van der Waals surface area contributed by atoms with Crippen LogP contribution in [-0.4, -0.2) is 60.0 Å². The molecule has 2 aliphatic rings. The van der Waals surface area contributed by atoms with Gasteiger partial charge in [0.1, 0.15) is 29.0 Å². The molecule has 2 atom stereocenters. The summed E-state index contributed by atoms with van der Waals surface area (Å²) in [6, 6.07) is 13.1. The molecule has 0 spiro atoms. The first-order valence-corrected chi connectivity index (χ1v) is 12.6. The maximum Gasteiger partial charge on any atom is 0.167 e. The number of ether oxygens (including phenoxy) is 1. The van der Waals surface area contributed by atoms with Crippen LogP contribution in [0.4, 0.5) is 20.2 Å². The minimum atomic E-state index is -0.667. The van der Waals surface area contributed by atoms with Crippen LogP contribution in [0.1, 0.15) is 18.4 Å². The standard InChI is InChI=1S/C28H27F2N7O/c1-38-21-8-11-35(16-21)20-4-5-24(23(30)13-20)37-27(17-2-3-18(14-31)22(29)12-17)34-26-25(6-9-33-28(26)37)36-10-7-19(32)15-36/h2-6,9,12-13,19,21H,7-8,10-11,15-16,32H2,1H3. The Morgan fingerprint density at radius 1 is 1.00 bits per heavy atom. The van der Waals surface area contributed by atoms with E-state index in [1.54, 1.807) is 30.0 Å². The average Bonchev–Trinajstić information content (AvgIpc) is 3.67. The number of nitrogens with two attached hydrogens (primary N) is 1. The van der Waals surface area contributed by atoms with Gasteiger partial charge in [-0.15, -0.1) is 0 Å². The highest BCUT2D eigenvalue weighted by atomic mass is 19.1. The molecule has 0 saturated carbocycles. The third kappa shape index (κ3) is 4.14. The Labute approximate surface area is 218 Å². The minimum Gasteiger partial charge on any atom is -0.380 e. The molecule has 38 heavy (non-hydrogen) atoms. The fourth-order valence-corrected chi connectivity index (χ4v) is 5.42. The molecule has 4 heterocycles. The molecule has 2 aliphatic heterocycles. The van der Waals surface area contributed by atoms with E-state index < -0.39 is 11.6 Å². The number of fused-ring (bicyclic) bond motifs is 1. The fraction of sp³-hybridized carbons (Fsp3) is 0.321. The Morgan fingerprint density at radius 3 is 2.53 bits per heavy atom. The van der Waals surface area contributed by atoms with Crippen molar-refractivity contribution in [1.82, 2.24) is 14.5 Å². The number of pyridine rings is 1. The predicted molar refractivity (Wildman–Crippen MR) is 141 cm³/mol. The van der Waals surface area contributed by atoms with Gasteiger partial charge in [0.25, 0.3) is 0 Å². The van der Waals surface area contributed by atoms with E-state index in [4.69, 9.17) is 15.5 Å². The summed E-state index contributed by atoms with van der Waals surface area (Å²) < 4.78 is 37.6. The first-order valence-electron chi connectivity index (χ1n) is 12.6. The summed E-state index contributed by atoms with van der Waals surface area (Å²) in [5.74, 6) is -0.785. The van der Waals surface area contributed by atoms with Crippen LogP contribution in [0.5, 0.6) is 0 Å². The van der Waals surface area contributed by atoms with Crippen molar-refractivity contribution in [1.29, 1.82) is 5.26 Å². The molecule has 2 saturated heterocycles. The van der Waals surface area contributed by atoms with Crippen LogP contribution in [0.3, 0.4) is 0 Å². The van der Waals surface area contributed by atoms with Crippen molar-refractivity contribution in [2.45, 2.75) is 25.0 Å². The molecule has 0 radical (unpaired) electrons. The van der Waals surface area contributed by atoms with E-state index in [1.165, 1.54) is 18.2 Å². The maximum atomic E-state index is 15.8. The number of rotatable bonds is 5. The first-order chi connectivity index (χ1) is 18.5. The van der Waals surface area contributed by atoms with Crippen LogP contribution in [0.2, 0.25) is 0 Å². The number of hydrogen-bond donors (Lipinski definition) is 1. The topological polar surface area (TPSA) is 96.2 Å². The average molecular weight is 516 g/mol. The zero-order chi connectivity index (χ0) is 26.4. The second kappa shape index (κ2) is 9.67. The van der Waals surface area contributed by atoms with Crippen molar-refractivity contribution in [3.05, 3.63) is 65.9 Å². The molecule has 2 aromatic heterocycles. The number of nitriles is 1. The molecule has 6 rings (SSSR count). The van der Waals surface area contributed by atoms with Crippen molar-refractivity contribution >= 4 is 22.5 Å². The highest BCUT2D eigenvalue weighted by Gasteiger charge is 2.27. The molecule has 0 aliphatic carbocycles. The Hall–Kier alpha value is -4.07. The van der Waals surface area contributed by atoms with Gasteiger partial charge >= 0.3 is 0 Å². The van der Waals surface area contributed by atoms with E-state index in [0.717, 1.165) is 37.3 Å². The SMILES string of the molecule is COC1CCN(c2ccc(-n3c(-c4ccc(C#N)c(F)c4)nc4c(N5CCC(N)C5)ccnc43)c(F)c2)C1. The lowest BCUT2D eigenvalue weighted by molar-refractivity contribution is 0.121. The molecule has 2 N–H and O–H groups in total. The van der Waals surface area contributed by atoms with Crippen LogP contribution < -0.4 is 15.5 Å². The minimum absolute atomic E-state index is 0.0562. The van der Waals surface area contributed by atoms with E-state index in [9.17, 15) is 9.65 Å². The number of hydrogen-bond acceptors (Lipinski definition) is 7. The van der Waals surface area contributed by atoms with Crippen LogP contribution in [0.25, 0.3) is 28.2 Å². The lowest BCUT2D eigenvalue weighted by Crippen LogP contribution is -2.26. The van der Waals surface area contributed by atoms with E-state index in [0.29, 0.717) is 35.6 Å². The molecule has 0 bridgehead atoms. The lowest BCUT2D eigenvalue weighted by atomic mass is 10.1. The quantitative estimate of drug-likeness (QED) is 0.429. The van der Waals surface area contributed by atoms with Gasteiger partial charge in [-0.25, -0.2) is 18.7 Å². The summed E-state index contributed by atoms with van der Waals surface area (Å²) in [6.07, 6.45) is 3.53. The van der Waals surface area contributed by atoms with Gasteiger partial charge in [-0.1, -0.05) is 0 Å². The van der Waals surface area contributed by atoms with Crippen LogP contribution >= 0.6 is 0 Å². The predicted octanol–water partition coefficient (Wildman–Crippen LogP) is 4.00. The zero-order valence-corrected chi connectivity index (χ0v) is 20.9. The number of aromatic nitrogens is 3. The van der Waals surface area contributed by atoms with Gasteiger partial charge in [-0.3, -0.25) is 4.57 Å².